The maximum atomic E-state index is 12.5. The number of aliphatic carboxylic acids is 2. The Morgan fingerprint density at radius 1 is 1.29 bits per heavy atom. The first-order valence-corrected chi connectivity index (χ1v) is 4.66. The van der Waals surface area contributed by atoms with E-state index in [0.717, 1.165) is 0 Å². The summed E-state index contributed by atoms with van der Waals surface area (Å²) in [6, 6.07) is -1.18. The first-order valence-electron chi connectivity index (χ1n) is 4.66. The molecule has 1 saturated carbocycles. The van der Waals surface area contributed by atoms with Crippen molar-refractivity contribution in [3.63, 3.8) is 0 Å². The molecule has 5 nitrogen and oxygen atoms in total. The van der Waals surface area contributed by atoms with E-state index in [0.29, 0.717) is 0 Å². The van der Waals surface area contributed by atoms with Gasteiger partial charge in [0.25, 0.3) is 0 Å². The fraction of sp³-hybridized carbons (Fsp3) is 0.556. The van der Waals surface area contributed by atoms with Gasteiger partial charge in [-0.15, -0.1) is 0 Å². The molecule has 2 atom stereocenters. The molecule has 0 aromatic rings. The van der Waals surface area contributed by atoms with Crippen molar-refractivity contribution in [3.8, 4) is 0 Å². The van der Waals surface area contributed by atoms with Gasteiger partial charge in [0.1, 0.15) is 5.57 Å². The molecule has 0 saturated heterocycles. The Labute approximate surface area is 93.7 Å². The molecule has 0 radical (unpaired) electrons. The van der Waals surface area contributed by atoms with E-state index in [-0.39, 0.29) is 6.42 Å². The zero-order valence-corrected chi connectivity index (χ0v) is 8.49. The summed E-state index contributed by atoms with van der Waals surface area (Å²) in [5.74, 6) is -4.46. The van der Waals surface area contributed by atoms with Crippen molar-refractivity contribution in [1.82, 2.24) is 0 Å². The molecule has 1 fully saturated rings. The molecule has 1 rings (SSSR count). The molecule has 0 bridgehead atoms. The van der Waals surface area contributed by atoms with E-state index in [1.54, 1.807) is 0 Å². The standard InChI is InChI=1S/C9H10F3NO4/c10-9(11,12)6(8(16)17)4-1-3(7(14)15)2-5(4)13/h3,5H,1-2,13H2,(H,14,15)(H,16,17)/b6-4+/t3-,5-/m0/s1. The summed E-state index contributed by atoms with van der Waals surface area (Å²) in [5, 5.41) is 17.2. The summed E-state index contributed by atoms with van der Waals surface area (Å²) in [6.07, 6.45) is -5.69. The van der Waals surface area contributed by atoms with Crippen molar-refractivity contribution in [1.29, 1.82) is 0 Å². The van der Waals surface area contributed by atoms with Gasteiger partial charge >= 0.3 is 18.1 Å². The second-order valence-corrected chi connectivity index (χ2v) is 3.78. The normalized spacial score (nSPS) is 28.0. The lowest BCUT2D eigenvalue weighted by molar-refractivity contribution is -0.146. The first-order chi connectivity index (χ1) is 7.64. The highest BCUT2D eigenvalue weighted by Crippen LogP contribution is 2.38. The van der Waals surface area contributed by atoms with Crippen LogP contribution in [-0.4, -0.2) is 34.4 Å². The minimum absolute atomic E-state index is 0.183. The summed E-state index contributed by atoms with van der Waals surface area (Å²) in [7, 11) is 0. The highest BCUT2D eigenvalue weighted by molar-refractivity contribution is 5.89. The lowest BCUT2D eigenvalue weighted by atomic mass is 10.0. The molecule has 1 aliphatic rings. The van der Waals surface area contributed by atoms with Crippen LogP contribution in [0.25, 0.3) is 0 Å². The molecule has 0 amide bonds. The van der Waals surface area contributed by atoms with Gasteiger partial charge in [-0.1, -0.05) is 0 Å². The van der Waals surface area contributed by atoms with Crippen LogP contribution >= 0.6 is 0 Å². The molecule has 0 aromatic carbocycles. The molecule has 0 heterocycles. The maximum Gasteiger partial charge on any atom is 0.423 e. The number of rotatable bonds is 2. The largest absolute Gasteiger partial charge is 0.481 e. The average Bonchev–Trinajstić information content (AvgIpc) is 2.45. The van der Waals surface area contributed by atoms with Gasteiger partial charge < -0.3 is 15.9 Å². The van der Waals surface area contributed by atoms with E-state index >= 15 is 0 Å². The van der Waals surface area contributed by atoms with Crippen molar-refractivity contribution < 1.29 is 33.0 Å². The third kappa shape index (κ3) is 2.76. The summed E-state index contributed by atoms with van der Waals surface area (Å²) in [4.78, 5) is 21.2. The van der Waals surface area contributed by atoms with Crippen LogP contribution in [0.1, 0.15) is 12.8 Å². The van der Waals surface area contributed by atoms with Gasteiger partial charge in [0.15, 0.2) is 0 Å². The summed E-state index contributed by atoms with van der Waals surface area (Å²) < 4.78 is 37.4. The second-order valence-electron chi connectivity index (χ2n) is 3.78. The monoisotopic (exact) mass is 253 g/mol. The third-order valence-electron chi connectivity index (χ3n) is 2.62. The van der Waals surface area contributed by atoms with Gasteiger partial charge in [0, 0.05) is 6.04 Å². The van der Waals surface area contributed by atoms with Crippen molar-refractivity contribution in [2.75, 3.05) is 0 Å². The fourth-order valence-corrected chi connectivity index (χ4v) is 1.87. The predicted molar refractivity (Wildman–Crippen MR) is 49.1 cm³/mol. The summed E-state index contributed by atoms with van der Waals surface area (Å²) in [6.45, 7) is 0. The van der Waals surface area contributed by atoms with Gasteiger partial charge in [-0.25, -0.2) is 4.79 Å². The molecule has 17 heavy (non-hydrogen) atoms. The summed E-state index contributed by atoms with van der Waals surface area (Å²) in [5.41, 5.74) is 3.07. The van der Waals surface area contributed by atoms with Gasteiger partial charge in [0.05, 0.1) is 5.92 Å². The number of carboxylic acid groups (broad SMARTS) is 2. The average molecular weight is 253 g/mol. The maximum absolute atomic E-state index is 12.5. The zero-order valence-electron chi connectivity index (χ0n) is 8.49. The topological polar surface area (TPSA) is 101 Å². The Balaban J connectivity index is 3.18. The van der Waals surface area contributed by atoms with Crippen molar-refractivity contribution >= 4 is 11.9 Å². The number of alkyl halides is 3. The summed E-state index contributed by atoms with van der Waals surface area (Å²) >= 11 is 0. The van der Waals surface area contributed by atoms with Crippen molar-refractivity contribution in [2.45, 2.75) is 25.1 Å². The molecule has 4 N–H and O–H groups in total. The smallest absolute Gasteiger partial charge is 0.423 e. The minimum atomic E-state index is -5.04. The second kappa shape index (κ2) is 4.36. The number of hydrogen-bond acceptors (Lipinski definition) is 3. The molecular formula is C9H10F3NO4. The number of nitrogens with two attached hydrogens (primary N) is 1. The first kappa shape index (κ1) is 13.5. The van der Waals surface area contributed by atoms with Crippen molar-refractivity contribution in [2.24, 2.45) is 11.7 Å². The van der Waals surface area contributed by atoms with Gasteiger partial charge in [-0.3, -0.25) is 4.79 Å². The molecule has 0 aliphatic heterocycles. The SMILES string of the molecule is N[C@H]1C[C@@H](C(=O)O)C/C1=C(/C(=O)O)C(F)(F)F. The predicted octanol–water partition coefficient (Wildman–Crippen LogP) is 0.752. The van der Waals surface area contributed by atoms with E-state index in [4.69, 9.17) is 15.9 Å². The van der Waals surface area contributed by atoms with Gasteiger partial charge in [-0.2, -0.15) is 13.2 Å². The van der Waals surface area contributed by atoms with Gasteiger partial charge in [0.2, 0.25) is 0 Å². The van der Waals surface area contributed by atoms with Crippen LogP contribution in [0.4, 0.5) is 13.2 Å². The van der Waals surface area contributed by atoms with E-state index in [9.17, 15) is 22.8 Å². The number of hydrogen-bond donors (Lipinski definition) is 3. The van der Waals surface area contributed by atoms with E-state index < -0.39 is 47.6 Å². The van der Waals surface area contributed by atoms with Crippen LogP contribution in [0.5, 0.6) is 0 Å². The van der Waals surface area contributed by atoms with Crippen LogP contribution < -0.4 is 5.73 Å². The highest BCUT2D eigenvalue weighted by atomic mass is 19.4. The van der Waals surface area contributed by atoms with Gasteiger partial charge in [-0.05, 0) is 18.4 Å². The molecular weight excluding hydrogens is 243 g/mol. The fourth-order valence-electron chi connectivity index (χ4n) is 1.87. The van der Waals surface area contributed by atoms with Crippen molar-refractivity contribution in [3.05, 3.63) is 11.1 Å². The molecule has 1 aliphatic carbocycles. The molecule has 0 aromatic heterocycles. The van der Waals surface area contributed by atoms with Crippen LogP contribution in [0.15, 0.2) is 11.1 Å². The number of carboxylic acids is 2. The minimum Gasteiger partial charge on any atom is -0.481 e. The van der Waals surface area contributed by atoms with Crippen LogP contribution in [0.2, 0.25) is 0 Å². The Kier molecular flexibility index (Phi) is 3.46. The molecule has 96 valence electrons. The Morgan fingerprint density at radius 2 is 1.82 bits per heavy atom. The quantitative estimate of drug-likeness (QED) is 0.630. The van der Waals surface area contributed by atoms with Crippen LogP contribution in [-0.2, 0) is 9.59 Å². The lowest BCUT2D eigenvalue weighted by Gasteiger charge is -2.13. The molecule has 0 unspecified atom stereocenters. The lowest BCUT2D eigenvalue weighted by Crippen LogP contribution is -2.27. The zero-order chi connectivity index (χ0) is 13.4. The Bertz CT molecular complexity index is 388. The Hall–Kier alpha value is -1.57. The molecule has 0 spiro atoms. The van der Waals surface area contributed by atoms with E-state index in [2.05, 4.69) is 0 Å². The third-order valence-corrected chi connectivity index (χ3v) is 2.62. The van der Waals surface area contributed by atoms with E-state index in [1.165, 1.54) is 0 Å². The van der Waals surface area contributed by atoms with E-state index in [1.807, 2.05) is 0 Å². The van der Waals surface area contributed by atoms with Crippen LogP contribution in [0.3, 0.4) is 0 Å². The number of carbonyl (C=O) groups is 2. The van der Waals surface area contributed by atoms with Crippen LogP contribution in [0, 0.1) is 5.92 Å². The highest BCUT2D eigenvalue weighted by Gasteiger charge is 2.45. The molecule has 8 heteroatoms. The number of halogens is 3. The Morgan fingerprint density at radius 3 is 2.12 bits per heavy atom.